The largest absolute Gasteiger partial charge is 0.397 e. The van der Waals surface area contributed by atoms with Crippen LogP contribution in [0.25, 0.3) is 0 Å². The van der Waals surface area contributed by atoms with Crippen molar-refractivity contribution in [2.24, 2.45) is 5.41 Å². The summed E-state index contributed by atoms with van der Waals surface area (Å²) in [5.41, 5.74) is 8.50. The predicted molar refractivity (Wildman–Crippen MR) is 80.3 cm³/mol. The van der Waals surface area contributed by atoms with E-state index in [1.807, 2.05) is 18.2 Å². The Morgan fingerprint density at radius 2 is 1.83 bits per heavy atom. The molecule has 0 radical (unpaired) electrons. The molecule has 1 saturated heterocycles. The van der Waals surface area contributed by atoms with E-state index in [4.69, 9.17) is 17.3 Å². The van der Waals surface area contributed by atoms with Gasteiger partial charge >= 0.3 is 0 Å². The zero-order valence-electron chi connectivity index (χ0n) is 11.4. The predicted octanol–water partition coefficient (Wildman–Crippen LogP) is 4.33. The highest BCUT2D eigenvalue weighted by Gasteiger charge is 2.41. The number of nitrogen functional groups attached to an aromatic ring is 1. The zero-order chi connectivity index (χ0) is 13.2. The van der Waals surface area contributed by atoms with Crippen molar-refractivity contribution in [1.82, 2.24) is 0 Å². The summed E-state index contributed by atoms with van der Waals surface area (Å²) in [7, 11) is 0. The number of halogens is 1. The molecule has 2 N–H and O–H groups in total. The van der Waals surface area contributed by atoms with Crippen LogP contribution in [0.15, 0.2) is 18.2 Å². The number of anilines is 2. The van der Waals surface area contributed by atoms with E-state index in [1.54, 1.807) is 0 Å². The van der Waals surface area contributed by atoms with Crippen molar-refractivity contribution in [1.29, 1.82) is 0 Å². The first-order valence-electron chi connectivity index (χ1n) is 6.90. The normalized spacial score (nSPS) is 17.6. The maximum absolute atomic E-state index is 6.04. The molecule has 0 spiro atoms. The monoisotopic (exact) mass is 266 g/mol. The minimum atomic E-state index is 0.523. The quantitative estimate of drug-likeness (QED) is 0.804. The molecule has 100 valence electrons. The number of rotatable bonds is 5. The molecule has 2 rings (SSSR count). The Kier molecular flexibility index (Phi) is 4.06. The number of nitrogens with two attached hydrogens (primary N) is 1. The highest BCUT2D eigenvalue weighted by molar-refractivity contribution is 6.31. The first-order chi connectivity index (χ1) is 8.60. The number of benzene rings is 1. The summed E-state index contributed by atoms with van der Waals surface area (Å²) in [6.07, 6.45) is 5.18. The van der Waals surface area contributed by atoms with Gasteiger partial charge in [-0.3, -0.25) is 0 Å². The highest BCUT2D eigenvalue weighted by Crippen LogP contribution is 2.43. The smallest absolute Gasteiger partial charge is 0.0601 e. The van der Waals surface area contributed by atoms with E-state index in [-0.39, 0.29) is 0 Å². The molecule has 0 atom stereocenters. The minimum Gasteiger partial charge on any atom is -0.397 e. The van der Waals surface area contributed by atoms with Gasteiger partial charge in [-0.1, -0.05) is 38.3 Å². The first-order valence-corrected chi connectivity index (χ1v) is 7.28. The third-order valence-electron chi connectivity index (χ3n) is 3.94. The van der Waals surface area contributed by atoms with E-state index >= 15 is 0 Å². The second kappa shape index (κ2) is 5.40. The summed E-state index contributed by atoms with van der Waals surface area (Å²) < 4.78 is 0. The Hall–Kier alpha value is -0.890. The van der Waals surface area contributed by atoms with E-state index in [0.29, 0.717) is 10.4 Å². The molecule has 1 heterocycles. The van der Waals surface area contributed by atoms with Gasteiger partial charge in [0.25, 0.3) is 0 Å². The number of hydrogen-bond acceptors (Lipinski definition) is 2. The van der Waals surface area contributed by atoms with Crippen molar-refractivity contribution in [3.8, 4) is 0 Å². The molecule has 0 aromatic heterocycles. The van der Waals surface area contributed by atoms with Crippen LogP contribution >= 0.6 is 11.6 Å². The lowest BCUT2D eigenvalue weighted by atomic mass is 9.72. The van der Waals surface area contributed by atoms with Crippen molar-refractivity contribution < 1.29 is 0 Å². The molecule has 1 aromatic rings. The molecule has 0 amide bonds. The van der Waals surface area contributed by atoms with Crippen LogP contribution in [0.5, 0.6) is 0 Å². The van der Waals surface area contributed by atoms with E-state index < -0.39 is 0 Å². The molecule has 0 bridgehead atoms. The SMILES string of the molecule is CCCC1(CCC)CN(c2ccc(Cl)cc2N)C1. The van der Waals surface area contributed by atoms with Crippen LogP contribution in [0.2, 0.25) is 5.02 Å². The van der Waals surface area contributed by atoms with Gasteiger partial charge in [-0.25, -0.2) is 0 Å². The minimum absolute atomic E-state index is 0.523. The molecule has 0 saturated carbocycles. The van der Waals surface area contributed by atoms with E-state index in [9.17, 15) is 0 Å². The van der Waals surface area contributed by atoms with E-state index in [0.717, 1.165) is 24.5 Å². The van der Waals surface area contributed by atoms with Crippen LogP contribution < -0.4 is 10.6 Å². The molecular formula is C15H23ClN2. The number of nitrogens with zero attached hydrogens (tertiary/aromatic N) is 1. The van der Waals surface area contributed by atoms with Crippen molar-refractivity contribution in [3.63, 3.8) is 0 Å². The third kappa shape index (κ3) is 2.59. The van der Waals surface area contributed by atoms with Crippen molar-refractivity contribution in [2.45, 2.75) is 39.5 Å². The maximum Gasteiger partial charge on any atom is 0.0601 e. The molecule has 3 heteroatoms. The summed E-state index contributed by atoms with van der Waals surface area (Å²) in [4.78, 5) is 2.39. The summed E-state index contributed by atoms with van der Waals surface area (Å²) in [5.74, 6) is 0. The molecule has 2 nitrogen and oxygen atoms in total. The Morgan fingerprint density at radius 3 is 2.33 bits per heavy atom. The molecular weight excluding hydrogens is 244 g/mol. The molecule has 1 aromatic carbocycles. The Bertz CT molecular complexity index is 403. The van der Waals surface area contributed by atoms with Gasteiger partial charge in [0.1, 0.15) is 0 Å². The third-order valence-corrected chi connectivity index (χ3v) is 4.18. The second-order valence-electron chi connectivity index (χ2n) is 5.56. The lowest BCUT2D eigenvalue weighted by Crippen LogP contribution is -2.56. The van der Waals surface area contributed by atoms with Crippen LogP contribution in [0.4, 0.5) is 11.4 Å². The van der Waals surface area contributed by atoms with E-state index in [2.05, 4.69) is 18.7 Å². The van der Waals surface area contributed by atoms with Crippen molar-refractivity contribution >= 4 is 23.0 Å². The lowest BCUT2D eigenvalue weighted by molar-refractivity contribution is 0.173. The highest BCUT2D eigenvalue weighted by atomic mass is 35.5. The topological polar surface area (TPSA) is 29.3 Å². The van der Waals surface area contributed by atoms with Gasteiger partial charge in [-0.2, -0.15) is 0 Å². The van der Waals surface area contributed by atoms with Gasteiger partial charge in [-0.05, 0) is 31.0 Å². The van der Waals surface area contributed by atoms with Gasteiger partial charge in [-0.15, -0.1) is 0 Å². The van der Waals surface area contributed by atoms with Crippen LogP contribution in [0, 0.1) is 5.41 Å². The molecule has 0 aliphatic carbocycles. The Balaban J connectivity index is 2.06. The average molecular weight is 267 g/mol. The summed E-state index contributed by atoms with van der Waals surface area (Å²) in [6, 6.07) is 5.81. The van der Waals surface area contributed by atoms with Gasteiger partial charge in [0.05, 0.1) is 11.4 Å². The second-order valence-corrected chi connectivity index (χ2v) is 6.00. The van der Waals surface area contributed by atoms with Gasteiger partial charge < -0.3 is 10.6 Å². The first kappa shape index (κ1) is 13.5. The standard InChI is InChI=1S/C15H23ClN2/c1-3-7-15(8-4-2)10-18(11-15)14-6-5-12(16)9-13(14)17/h5-6,9H,3-4,7-8,10-11,17H2,1-2H3. The Labute approximate surface area is 115 Å². The van der Waals surface area contributed by atoms with Gasteiger partial charge in [0.2, 0.25) is 0 Å². The summed E-state index contributed by atoms with van der Waals surface area (Å²) in [5, 5.41) is 0.713. The van der Waals surface area contributed by atoms with E-state index in [1.165, 1.54) is 25.7 Å². The van der Waals surface area contributed by atoms with Crippen LogP contribution in [0.1, 0.15) is 39.5 Å². The summed E-state index contributed by atoms with van der Waals surface area (Å²) >= 11 is 5.94. The molecule has 1 aliphatic heterocycles. The lowest BCUT2D eigenvalue weighted by Gasteiger charge is -2.52. The number of hydrogen-bond donors (Lipinski definition) is 1. The summed E-state index contributed by atoms with van der Waals surface area (Å²) in [6.45, 7) is 6.83. The molecule has 1 fully saturated rings. The fraction of sp³-hybridized carbons (Fsp3) is 0.600. The molecule has 0 unspecified atom stereocenters. The van der Waals surface area contributed by atoms with Crippen molar-refractivity contribution in [2.75, 3.05) is 23.7 Å². The average Bonchev–Trinajstić information content (AvgIpc) is 2.26. The van der Waals surface area contributed by atoms with Crippen LogP contribution in [-0.4, -0.2) is 13.1 Å². The van der Waals surface area contributed by atoms with Gasteiger partial charge in [0.15, 0.2) is 0 Å². The fourth-order valence-corrected chi connectivity index (χ4v) is 3.43. The molecule has 1 aliphatic rings. The van der Waals surface area contributed by atoms with Crippen LogP contribution in [-0.2, 0) is 0 Å². The molecule has 18 heavy (non-hydrogen) atoms. The Morgan fingerprint density at radius 1 is 1.22 bits per heavy atom. The van der Waals surface area contributed by atoms with Crippen molar-refractivity contribution in [3.05, 3.63) is 23.2 Å². The maximum atomic E-state index is 6.04. The zero-order valence-corrected chi connectivity index (χ0v) is 12.1. The van der Waals surface area contributed by atoms with Gasteiger partial charge in [0, 0.05) is 23.5 Å². The fourth-order valence-electron chi connectivity index (χ4n) is 3.25. The van der Waals surface area contributed by atoms with Crippen LogP contribution in [0.3, 0.4) is 0 Å².